The maximum atomic E-state index is 12.6. The second kappa shape index (κ2) is 5.79. The Morgan fingerprint density at radius 3 is 2.52 bits per heavy atom. The normalized spacial score (nSPS) is 17.0. The quantitative estimate of drug-likeness (QED) is 0.876. The van der Waals surface area contributed by atoms with Crippen LogP contribution < -0.4 is 10.2 Å². The minimum absolute atomic E-state index is 0.000742. The summed E-state index contributed by atoms with van der Waals surface area (Å²) in [6, 6.07) is 17.1. The number of rotatable bonds is 4. The van der Waals surface area contributed by atoms with Gasteiger partial charge in [-0.3, -0.25) is 4.79 Å². The van der Waals surface area contributed by atoms with E-state index in [1.807, 2.05) is 30.3 Å². The number of hydrazone groups is 1. The van der Waals surface area contributed by atoms with E-state index in [1.54, 1.807) is 31.4 Å². The standard InChI is InChI=1S/C17H16N2O2/c1-21-14-9-7-13(8-10-14)17(20)16-15(11-18-19-16)12-5-3-2-4-6-12/h2-10,15,18H,11H2,1H3. The summed E-state index contributed by atoms with van der Waals surface area (Å²) in [6.07, 6.45) is 0. The molecule has 21 heavy (non-hydrogen) atoms. The predicted octanol–water partition coefficient (Wildman–Crippen LogP) is 2.62. The number of benzene rings is 2. The van der Waals surface area contributed by atoms with Gasteiger partial charge in [-0.1, -0.05) is 30.3 Å². The maximum absolute atomic E-state index is 12.6. The van der Waals surface area contributed by atoms with Crippen LogP contribution in [0.25, 0.3) is 0 Å². The van der Waals surface area contributed by atoms with Gasteiger partial charge in [0, 0.05) is 12.1 Å². The highest BCUT2D eigenvalue weighted by Gasteiger charge is 2.29. The molecule has 1 atom stereocenters. The Balaban J connectivity index is 1.86. The molecule has 0 amide bonds. The second-order valence-corrected chi connectivity index (χ2v) is 4.88. The van der Waals surface area contributed by atoms with E-state index in [-0.39, 0.29) is 11.7 Å². The highest BCUT2D eigenvalue weighted by molar-refractivity contribution is 6.48. The van der Waals surface area contributed by atoms with Gasteiger partial charge in [0.05, 0.1) is 13.0 Å². The van der Waals surface area contributed by atoms with Gasteiger partial charge in [-0.05, 0) is 29.8 Å². The zero-order valence-electron chi connectivity index (χ0n) is 11.7. The zero-order valence-corrected chi connectivity index (χ0v) is 11.7. The van der Waals surface area contributed by atoms with Crippen molar-refractivity contribution >= 4 is 11.5 Å². The van der Waals surface area contributed by atoms with E-state index in [2.05, 4.69) is 10.5 Å². The number of nitrogens with zero attached hydrogens (tertiary/aromatic N) is 1. The van der Waals surface area contributed by atoms with E-state index in [9.17, 15) is 4.79 Å². The van der Waals surface area contributed by atoms with E-state index < -0.39 is 0 Å². The van der Waals surface area contributed by atoms with E-state index in [0.717, 1.165) is 11.3 Å². The van der Waals surface area contributed by atoms with Gasteiger partial charge in [0.2, 0.25) is 5.78 Å². The van der Waals surface area contributed by atoms with Crippen molar-refractivity contribution in [1.29, 1.82) is 0 Å². The number of ether oxygens (including phenoxy) is 1. The summed E-state index contributed by atoms with van der Waals surface area (Å²) in [5.41, 5.74) is 5.22. The number of ketones is 1. The van der Waals surface area contributed by atoms with Gasteiger partial charge in [-0.2, -0.15) is 5.10 Å². The molecule has 1 aliphatic heterocycles. The van der Waals surface area contributed by atoms with E-state index in [1.165, 1.54) is 0 Å². The Morgan fingerprint density at radius 2 is 1.86 bits per heavy atom. The van der Waals surface area contributed by atoms with Crippen molar-refractivity contribution in [3.8, 4) is 5.75 Å². The number of methoxy groups -OCH3 is 1. The lowest BCUT2D eigenvalue weighted by Gasteiger charge is -2.11. The minimum Gasteiger partial charge on any atom is -0.497 e. The van der Waals surface area contributed by atoms with Crippen molar-refractivity contribution in [2.75, 3.05) is 13.7 Å². The zero-order chi connectivity index (χ0) is 14.7. The Kier molecular flexibility index (Phi) is 3.69. The third-order valence-corrected chi connectivity index (χ3v) is 3.61. The molecule has 0 radical (unpaired) electrons. The molecule has 1 unspecified atom stereocenters. The highest BCUT2D eigenvalue weighted by atomic mass is 16.5. The van der Waals surface area contributed by atoms with Gasteiger partial charge < -0.3 is 10.2 Å². The molecule has 0 fully saturated rings. The number of carbonyl (C=O) groups excluding carboxylic acids is 1. The minimum atomic E-state index is -0.0449. The molecule has 0 saturated carbocycles. The third-order valence-electron chi connectivity index (χ3n) is 3.61. The molecule has 1 heterocycles. The average molecular weight is 280 g/mol. The van der Waals surface area contributed by atoms with Crippen LogP contribution in [0.5, 0.6) is 5.75 Å². The predicted molar refractivity (Wildman–Crippen MR) is 81.9 cm³/mol. The summed E-state index contributed by atoms with van der Waals surface area (Å²) >= 11 is 0. The molecule has 4 nitrogen and oxygen atoms in total. The van der Waals surface area contributed by atoms with Crippen LogP contribution in [0.15, 0.2) is 59.7 Å². The van der Waals surface area contributed by atoms with Crippen LogP contribution in [0.4, 0.5) is 0 Å². The monoisotopic (exact) mass is 280 g/mol. The van der Waals surface area contributed by atoms with Crippen LogP contribution in [0.3, 0.4) is 0 Å². The Bertz CT molecular complexity index is 663. The fourth-order valence-corrected chi connectivity index (χ4v) is 2.46. The maximum Gasteiger partial charge on any atom is 0.209 e. The Morgan fingerprint density at radius 1 is 1.14 bits per heavy atom. The van der Waals surface area contributed by atoms with Crippen LogP contribution in [0.1, 0.15) is 21.8 Å². The van der Waals surface area contributed by atoms with Gasteiger partial charge in [-0.15, -0.1) is 0 Å². The van der Waals surface area contributed by atoms with Gasteiger partial charge >= 0.3 is 0 Å². The van der Waals surface area contributed by atoms with E-state index in [4.69, 9.17) is 4.74 Å². The third kappa shape index (κ3) is 2.65. The van der Waals surface area contributed by atoms with Gasteiger partial charge in [0.1, 0.15) is 11.5 Å². The van der Waals surface area contributed by atoms with Gasteiger partial charge in [0.25, 0.3) is 0 Å². The first kappa shape index (κ1) is 13.4. The Hall–Kier alpha value is -2.62. The van der Waals surface area contributed by atoms with Crippen molar-refractivity contribution in [3.05, 3.63) is 65.7 Å². The summed E-state index contributed by atoms with van der Waals surface area (Å²) in [4.78, 5) is 12.6. The fourth-order valence-electron chi connectivity index (χ4n) is 2.46. The molecule has 106 valence electrons. The summed E-state index contributed by atoms with van der Waals surface area (Å²) in [6.45, 7) is 0.654. The van der Waals surface area contributed by atoms with Gasteiger partial charge in [-0.25, -0.2) is 0 Å². The topological polar surface area (TPSA) is 50.7 Å². The van der Waals surface area contributed by atoms with Crippen LogP contribution in [0, 0.1) is 0 Å². The smallest absolute Gasteiger partial charge is 0.209 e. The molecule has 0 saturated heterocycles. The van der Waals surface area contributed by atoms with Crippen LogP contribution in [0.2, 0.25) is 0 Å². The number of hydrogen-bond acceptors (Lipinski definition) is 4. The SMILES string of the molecule is COc1ccc(C(=O)C2=NNCC2c2ccccc2)cc1. The van der Waals surface area contributed by atoms with E-state index in [0.29, 0.717) is 17.8 Å². The summed E-state index contributed by atoms with van der Waals surface area (Å²) in [5, 5.41) is 4.20. The lowest BCUT2D eigenvalue weighted by molar-refractivity contribution is 0.106. The summed E-state index contributed by atoms with van der Waals surface area (Å²) in [7, 11) is 1.60. The molecule has 2 aromatic rings. The molecule has 1 aliphatic rings. The molecule has 0 bridgehead atoms. The number of hydrogen-bond donors (Lipinski definition) is 1. The number of nitrogens with one attached hydrogen (secondary N) is 1. The number of carbonyl (C=O) groups is 1. The molecule has 4 heteroatoms. The average Bonchev–Trinajstić information content (AvgIpc) is 3.04. The van der Waals surface area contributed by atoms with Crippen LogP contribution >= 0.6 is 0 Å². The van der Waals surface area contributed by atoms with Crippen LogP contribution in [-0.2, 0) is 0 Å². The van der Waals surface area contributed by atoms with Crippen molar-refractivity contribution < 1.29 is 9.53 Å². The van der Waals surface area contributed by atoms with Gasteiger partial charge in [0.15, 0.2) is 0 Å². The summed E-state index contributed by atoms with van der Waals surface area (Å²) < 4.78 is 5.11. The molecule has 0 aromatic heterocycles. The second-order valence-electron chi connectivity index (χ2n) is 4.88. The van der Waals surface area contributed by atoms with Crippen molar-refractivity contribution in [2.24, 2.45) is 5.10 Å². The fraction of sp³-hybridized carbons (Fsp3) is 0.176. The molecule has 1 N–H and O–H groups in total. The molecule has 0 spiro atoms. The first-order valence-corrected chi connectivity index (χ1v) is 6.83. The molecular formula is C17H16N2O2. The van der Waals surface area contributed by atoms with Crippen LogP contribution in [-0.4, -0.2) is 25.1 Å². The van der Waals surface area contributed by atoms with Crippen molar-refractivity contribution in [1.82, 2.24) is 5.43 Å². The molecular weight excluding hydrogens is 264 g/mol. The molecule has 2 aromatic carbocycles. The van der Waals surface area contributed by atoms with Crippen molar-refractivity contribution in [3.63, 3.8) is 0 Å². The lowest BCUT2D eigenvalue weighted by atomic mass is 9.90. The van der Waals surface area contributed by atoms with Crippen molar-refractivity contribution in [2.45, 2.75) is 5.92 Å². The Labute approximate surface area is 123 Å². The largest absolute Gasteiger partial charge is 0.497 e. The van der Waals surface area contributed by atoms with E-state index >= 15 is 0 Å². The summed E-state index contributed by atoms with van der Waals surface area (Å²) in [5.74, 6) is 0.690. The molecule has 0 aliphatic carbocycles. The number of Topliss-reactive ketones (excluding diaryl/α,β-unsaturated/α-hetero) is 1. The molecule has 3 rings (SSSR count). The lowest BCUT2D eigenvalue weighted by Crippen LogP contribution is -2.21. The first-order chi connectivity index (χ1) is 10.3. The first-order valence-electron chi connectivity index (χ1n) is 6.83. The highest BCUT2D eigenvalue weighted by Crippen LogP contribution is 2.23.